The highest BCUT2D eigenvalue weighted by Crippen LogP contribution is 2.20. The molecule has 0 aliphatic heterocycles. The fourth-order valence-electron chi connectivity index (χ4n) is 2.65. The Balaban J connectivity index is 1.92. The van der Waals surface area contributed by atoms with Gasteiger partial charge in [-0.15, -0.1) is 0 Å². The molecule has 0 aliphatic rings. The average molecular weight is 343 g/mol. The molecule has 1 aromatic heterocycles. The molecule has 0 amide bonds. The molecule has 0 fully saturated rings. The number of halogens is 1. The zero-order valence-electron chi connectivity index (χ0n) is 12.1. The van der Waals surface area contributed by atoms with Crippen LogP contribution in [0.15, 0.2) is 59.2 Å². The van der Waals surface area contributed by atoms with Crippen LogP contribution in [-0.2, 0) is 13.0 Å². The molecule has 3 rings (SSSR count). The van der Waals surface area contributed by atoms with Gasteiger partial charge in [-0.3, -0.25) is 0 Å². The quantitative estimate of drug-likeness (QED) is 0.751. The molecule has 1 unspecified atom stereocenters. The van der Waals surface area contributed by atoms with Gasteiger partial charge < -0.3 is 10.3 Å². The van der Waals surface area contributed by atoms with Gasteiger partial charge in [-0.2, -0.15) is 0 Å². The first-order valence-corrected chi connectivity index (χ1v) is 7.99. The number of rotatable bonds is 4. The fourth-order valence-corrected chi connectivity index (χ4v) is 2.92. The molecule has 0 radical (unpaired) electrons. The molecule has 0 bridgehead atoms. The molecule has 1 atom stereocenters. The van der Waals surface area contributed by atoms with E-state index in [4.69, 9.17) is 5.73 Å². The monoisotopic (exact) mass is 342 g/mol. The molecule has 108 valence electrons. The summed E-state index contributed by atoms with van der Waals surface area (Å²) in [6.45, 7) is 2.93. The van der Waals surface area contributed by atoms with Gasteiger partial charge in [0.2, 0.25) is 0 Å². The van der Waals surface area contributed by atoms with Crippen molar-refractivity contribution in [3.8, 4) is 0 Å². The first-order chi connectivity index (χ1) is 10.1. The Kier molecular flexibility index (Phi) is 4.13. The van der Waals surface area contributed by atoms with Crippen LogP contribution in [0.1, 0.15) is 18.1 Å². The van der Waals surface area contributed by atoms with E-state index in [1.807, 2.05) is 6.92 Å². The van der Waals surface area contributed by atoms with Crippen molar-refractivity contribution in [1.29, 1.82) is 0 Å². The largest absolute Gasteiger partial charge is 0.343 e. The highest BCUT2D eigenvalue weighted by Gasteiger charge is 2.05. The average Bonchev–Trinajstić information content (AvgIpc) is 2.83. The van der Waals surface area contributed by atoms with Crippen LogP contribution in [0.5, 0.6) is 0 Å². The zero-order chi connectivity index (χ0) is 14.8. The standard InChI is InChI=1S/C18H19BrN2/c1-13(20)10-15-2-5-16-8-9-21(18(16)11-15)12-14-3-6-17(19)7-4-14/h2-9,11,13H,10,12,20H2,1H3. The number of nitrogens with two attached hydrogens (primary N) is 1. The maximum Gasteiger partial charge on any atom is 0.0486 e. The van der Waals surface area contributed by atoms with Crippen molar-refractivity contribution >= 4 is 26.8 Å². The van der Waals surface area contributed by atoms with Crippen molar-refractivity contribution in [3.05, 3.63) is 70.3 Å². The van der Waals surface area contributed by atoms with Gasteiger partial charge in [-0.05, 0) is 54.1 Å². The summed E-state index contributed by atoms with van der Waals surface area (Å²) in [5.41, 5.74) is 9.78. The SMILES string of the molecule is CC(N)Cc1ccc2ccn(Cc3ccc(Br)cc3)c2c1. The predicted octanol–water partition coefficient (Wildman–Crippen LogP) is 4.34. The van der Waals surface area contributed by atoms with E-state index in [9.17, 15) is 0 Å². The summed E-state index contributed by atoms with van der Waals surface area (Å²) in [7, 11) is 0. The lowest BCUT2D eigenvalue weighted by atomic mass is 10.1. The molecule has 21 heavy (non-hydrogen) atoms. The lowest BCUT2D eigenvalue weighted by molar-refractivity contribution is 0.738. The molecule has 0 saturated carbocycles. The summed E-state index contributed by atoms with van der Waals surface area (Å²) in [6.07, 6.45) is 3.07. The van der Waals surface area contributed by atoms with E-state index in [1.54, 1.807) is 0 Å². The minimum absolute atomic E-state index is 0.192. The number of hydrogen-bond acceptors (Lipinski definition) is 1. The topological polar surface area (TPSA) is 30.9 Å². The van der Waals surface area contributed by atoms with Crippen molar-refractivity contribution < 1.29 is 0 Å². The van der Waals surface area contributed by atoms with Crippen molar-refractivity contribution in [2.24, 2.45) is 5.73 Å². The predicted molar refractivity (Wildman–Crippen MR) is 92.5 cm³/mol. The summed E-state index contributed by atoms with van der Waals surface area (Å²) >= 11 is 3.48. The Labute approximate surface area is 133 Å². The van der Waals surface area contributed by atoms with Gasteiger partial charge in [-0.1, -0.05) is 40.2 Å². The highest BCUT2D eigenvalue weighted by molar-refractivity contribution is 9.10. The summed E-state index contributed by atoms with van der Waals surface area (Å²) in [5, 5.41) is 1.28. The summed E-state index contributed by atoms with van der Waals surface area (Å²) in [4.78, 5) is 0. The molecular weight excluding hydrogens is 324 g/mol. The van der Waals surface area contributed by atoms with Crippen LogP contribution < -0.4 is 5.73 Å². The summed E-state index contributed by atoms with van der Waals surface area (Å²) in [6, 6.07) is 17.5. The maximum atomic E-state index is 5.91. The molecule has 2 N–H and O–H groups in total. The number of hydrogen-bond donors (Lipinski definition) is 1. The Bertz CT molecular complexity index is 742. The Morgan fingerprint density at radius 3 is 2.48 bits per heavy atom. The van der Waals surface area contributed by atoms with E-state index in [1.165, 1.54) is 22.0 Å². The van der Waals surface area contributed by atoms with Crippen LogP contribution >= 0.6 is 15.9 Å². The second-order valence-electron chi connectivity index (χ2n) is 5.64. The van der Waals surface area contributed by atoms with Crippen molar-refractivity contribution in [2.45, 2.75) is 25.9 Å². The van der Waals surface area contributed by atoms with Gasteiger partial charge >= 0.3 is 0 Å². The second kappa shape index (κ2) is 6.04. The van der Waals surface area contributed by atoms with Gasteiger partial charge in [0.1, 0.15) is 0 Å². The molecule has 0 aliphatic carbocycles. The van der Waals surface area contributed by atoms with Crippen LogP contribution in [0.25, 0.3) is 10.9 Å². The number of aromatic nitrogens is 1. The number of nitrogens with zero attached hydrogens (tertiary/aromatic N) is 1. The van der Waals surface area contributed by atoms with E-state index in [-0.39, 0.29) is 6.04 Å². The minimum atomic E-state index is 0.192. The van der Waals surface area contributed by atoms with Crippen molar-refractivity contribution in [3.63, 3.8) is 0 Å². The highest BCUT2D eigenvalue weighted by atomic mass is 79.9. The number of benzene rings is 2. The Morgan fingerprint density at radius 2 is 1.76 bits per heavy atom. The van der Waals surface area contributed by atoms with Crippen molar-refractivity contribution in [2.75, 3.05) is 0 Å². The lowest BCUT2D eigenvalue weighted by Crippen LogP contribution is -2.17. The molecule has 2 aromatic carbocycles. The summed E-state index contributed by atoms with van der Waals surface area (Å²) < 4.78 is 3.41. The molecular formula is C18H19BrN2. The third-order valence-corrected chi connectivity index (χ3v) is 4.19. The van der Waals surface area contributed by atoms with Crippen molar-refractivity contribution in [1.82, 2.24) is 4.57 Å². The van der Waals surface area contributed by atoms with E-state index in [0.29, 0.717) is 0 Å². The molecule has 3 heteroatoms. The van der Waals surface area contributed by atoms with E-state index < -0.39 is 0 Å². The normalized spacial score (nSPS) is 12.7. The Hall–Kier alpha value is -1.58. The van der Waals surface area contributed by atoms with E-state index in [0.717, 1.165) is 17.4 Å². The molecule has 1 heterocycles. The molecule has 0 saturated heterocycles. The second-order valence-corrected chi connectivity index (χ2v) is 6.56. The van der Waals surface area contributed by atoms with E-state index in [2.05, 4.69) is 75.2 Å². The molecule has 3 aromatic rings. The first kappa shape index (κ1) is 14.4. The smallest absolute Gasteiger partial charge is 0.0486 e. The zero-order valence-corrected chi connectivity index (χ0v) is 13.7. The van der Waals surface area contributed by atoms with Crippen LogP contribution in [0, 0.1) is 0 Å². The third-order valence-electron chi connectivity index (χ3n) is 3.66. The molecule has 2 nitrogen and oxygen atoms in total. The fraction of sp³-hybridized carbons (Fsp3) is 0.222. The van der Waals surface area contributed by atoms with E-state index >= 15 is 0 Å². The van der Waals surface area contributed by atoms with Crippen LogP contribution in [-0.4, -0.2) is 10.6 Å². The van der Waals surface area contributed by atoms with Gasteiger partial charge in [0, 0.05) is 28.8 Å². The van der Waals surface area contributed by atoms with Crippen LogP contribution in [0.3, 0.4) is 0 Å². The molecule has 0 spiro atoms. The number of fused-ring (bicyclic) bond motifs is 1. The van der Waals surface area contributed by atoms with Crippen LogP contribution in [0.4, 0.5) is 0 Å². The first-order valence-electron chi connectivity index (χ1n) is 7.19. The maximum absolute atomic E-state index is 5.91. The van der Waals surface area contributed by atoms with Gasteiger partial charge in [0.15, 0.2) is 0 Å². The van der Waals surface area contributed by atoms with Crippen LogP contribution in [0.2, 0.25) is 0 Å². The van der Waals surface area contributed by atoms with Gasteiger partial charge in [0.25, 0.3) is 0 Å². The van der Waals surface area contributed by atoms with Gasteiger partial charge in [-0.25, -0.2) is 0 Å². The third kappa shape index (κ3) is 3.36. The van der Waals surface area contributed by atoms with Gasteiger partial charge in [0.05, 0.1) is 0 Å². The minimum Gasteiger partial charge on any atom is -0.343 e. The summed E-state index contributed by atoms with van der Waals surface area (Å²) in [5.74, 6) is 0. The Morgan fingerprint density at radius 1 is 1.05 bits per heavy atom. The lowest BCUT2D eigenvalue weighted by Gasteiger charge is -2.09.